The SMILES string of the molecule is O=C(Cc1ccccc1Cl)N[C@H]1CCCCC[C@H]1C(=O)O. The summed E-state index contributed by atoms with van der Waals surface area (Å²) in [6.45, 7) is 0. The van der Waals surface area contributed by atoms with E-state index in [9.17, 15) is 14.7 Å². The number of rotatable bonds is 4. The Morgan fingerprint density at radius 1 is 1.19 bits per heavy atom. The molecule has 0 bridgehead atoms. The highest BCUT2D eigenvalue weighted by Gasteiger charge is 2.30. The van der Waals surface area contributed by atoms with Gasteiger partial charge in [-0.2, -0.15) is 0 Å². The van der Waals surface area contributed by atoms with E-state index in [1.165, 1.54) is 0 Å². The molecule has 0 saturated heterocycles. The van der Waals surface area contributed by atoms with Crippen molar-refractivity contribution in [2.45, 2.75) is 44.6 Å². The third-order valence-electron chi connectivity index (χ3n) is 3.99. The number of hydrogen-bond acceptors (Lipinski definition) is 2. The van der Waals surface area contributed by atoms with E-state index < -0.39 is 11.9 Å². The normalized spacial score (nSPS) is 22.3. The van der Waals surface area contributed by atoms with Crippen molar-refractivity contribution in [3.63, 3.8) is 0 Å². The fraction of sp³-hybridized carbons (Fsp3) is 0.500. The summed E-state index contributed by atoms with van der Waals surface area (Å²) in [5, 5.41) is 12.8. The lowest BCUT2D eigenvalue weighted by Gasteiger charge is -2.23. The first kappa shape index (κ1) is 15.8. The van der Waals surface area contributed by atoms with Gasteiger partial charge in [0.2, 0.25) is 5.91 Å². The summed E-state index contributed by atoms with van der Waals surface area (Å²) < 4.78 is 0. The maximum Gasteiger partial charge on any atom is 0.308 e. The number of carbonyl (C=O) groups excluding carboxylic acids is 1. The number of benzene rings is 1. The minimum atomic E-state index is -0.819. The van der Waals surface area contributed by atoms with Crippen molar-refractivity contribution in [1.29, 1.82) is 0 Å². The Morgan fingerprint density at radius 2 is 1.90 bits per heavy atom. The lowest BCUT2D eigenvalue weighted by molar-refractivity contribution is -0.143. The second-order valence-corrected chi connectivity index (χ2v) is 5.93. The van der Waals surface area contributed by atoms with Crippen LogP contribution in [0.5, 0.6) is 0 Å². The quantitative estimate of drug-likeness (QED) is 0.840. The highest BCUT2D eigenvalue weighted by molar-refractivity contribution is 6.31. The van der Waals surface area contributed by atoms with Crippen molar-refractivity contribution in [2.75, 3.05) is 0 Å². The van der Waals surface area contributed by atoms with Crippen LogP contribution in [0.2, 0.25) is 5.02 Å². The summed E-state index contributed by atoms with van der Waals surface area (Å²) in [6.07, 6.45) is 4.44. The molecule has 0 unspecified atom stereocenters. The molecule has 1 saturated carbocycles. The Bertz CT molecular complexity index is 518. The lowest BCUT2D eigenvalue weighted by atomic mass is 9.94. The van der Waals surface area contributed by atoms with Crippen LogP contribution in [0.15, 0.2) is 24.3 Å². The van der Waals surface area contributed by atoms with Crippen molar-refractivity contribution in [1.82, 2.24) is 5.32 Å². The first-order valence-electron chi connectivity index (χ1n) is 7.33. The average molecular weight is 310 g/mol. The van der Waals surface area contributed by atoms with Gasteiger partial charge in [0.25, 0.3) is 0 Å². The number of amides is 1. The lowest BCUT2D eigenvalue weighted by Crippen LogP contribution is -2.43. The Morgan fingerprint density at radius 3 is 2.62 bits per heavy atom. The molecule has 114 valence electrons. The van der Waals surface area contributed by atoms with Gasteiger partial charge in [0, 0.05) is 11.1 Å². The zero-order valence-electron chi connectivity index (χ0n) is 11.8. The van der Waals surface area contributed by atoms with Crippen molar-refractivity contribution in [2.24, 2.45) is 5.92 Å². The van der Waals surface area contributed by atoms with Gasteiger partial charge in [-0.15, -0.1) is 0 Å². The van der Waals surface area contributed by atoms with Gasteiger partial charge in [-0.1, -0.05) is 49.1 Å². The number of carbonyl (C=O) groups is 2. The standard InChI is InChI=1S/C16H20ClNO3/c17-13-8-5-4-6-11(13)10-15(19)18-14-9-3-1-2-7-12(14)16(20)21/h4-6,8,12,14H,1-3,7,9-10H2,(H,18,19)(H,20,21)/t12-,14+/m1/s1. The minimum Gasteiger partial charge on any atom is -0.481 e. The van der Waals surface area contributed by atoms with Crippen LogP contribution in [-0.2, 0) is 16.0 Å². The summed E-state index contributed by atoms with van der Waals surface area (Å²) >= 11 is 6.04. The molecule has 1 aromatic carbocycles. The first-order valence-corrected chi connectivity index (χ1v) is 7.71. The molecule has 1 amide bonds. The number of carboxylic acid groups (broad SMARTS) is 1. The van der Waals surface area contributed by atoms with E-state index in [2.05, 4.69) is 5.32 Å². The van der Waals surface area contributed by atoms with Gasteiger partial charge < -0.3 is 10.4 Å². The monoisotopic (exact) mass is 309 g/mol. The van der Waals surface area contributed by atoms with Gasteiger partial charge in [0.15, 0.2) is 0 Å². The van der Waals surface area contributed by atoms with Crippen LogP contribution < -0.4 is 5.32 Å². The van der Waals surface area contributed by atoms with Crippen LogP contribution in [0.4, 0.5) is 0 Å². The van der Waals surface area contributed by atoms with Crippen molar-refractivity contribution in [3.8, 4) is 0 Å². The number of halogens is 1. The zero-order valence-corrected chi connectivity index (χ0v) is 12.6. The van der Waals surface area contributed by atoms with Crippen LogP contribution in [0.25, 0.3) is 0 Å². The summed E-state index contributed by atoms with van der Waals surface area (Å²) in [4.78, 5) is 23.5. The van der Waals surface area contributed by atoms with Crippen LogP contribution in [0.3, 0.4) is 0 Å². The van der Waals surface area contributed by atoms with E-state index in [4.69, 9.17) is 11.6 Å². The predicted octanol–water partition coefficient (Wildman–Crippen LogP) is 3.03. The Balaban J connectivity index is 2.00. The van der Waals surface area contributed by atoms with Crippen LogP contribution in [0, 0.1) is 5.92 Å². The molecule has 2 rings (SSSR count). The van der Waals surface area contributed by atoms with Crippen molar-refractivity contribution < 1.29 is 14.7 Å². The second kappa shape index (κ2) is 7.46. The van der Waals surface area contributed by atoms with Gasteiger partial charge in [-0.25, -0.2) is 0 Å². The number of carboxylic acids is 1. The molecular formula is C16H20ClNO3. The molecule has 1 aromatic rings. The minimum absolute atomic E-state index is 0.166. The maximum absolute atomic E-state index is 12.2. The highest BCUT2D eigenvalue weighted by Crippen LogP contribution is 2.24. The number of aliphatic carboxylic acids is 1. The van der Waals surface area contributed by atoms with E-state index >= 15 is 0 Å². The average Bonchev–Trinajstić information content (AvgIpc) is 2.67. The summed E-state index contributed by atoms with van der Waals surface area (Å²) in [7, 11) is 0. The molecule has 1 fully saturated rings. The van der Waals surface area contributed by atoms with Gasteiger partial charge in [-0.3, -0.25) is 9.59 Å². The van der Waals surface area contributed by atoms with Crippen LogP contribution in [0.1, 0.15) is 37.7 Å². The van der Waals surface area contributed by atoms with Crippen LogP contribution in [-0.4, -0.2) is 23.0 Å². The summed E-state index contributed by atoms with van der Waals surface area (Å²) in [5.74, 6) is -1.47. The topological polar surface area (TPSA) is 66.4 Å². The van der Waals surface area contributed by atoms with E-state index in [0.717, 1.165) is 31.2 Å². The molecule has 1 aliphatic rings. The Hall–Kier alpha value is -1.55. The highest BCUT2D eigenvalue weighted by atomic mass is 35.5. The first-order chi connectivity index (χ1) is 10.1. The molecular weight excluding hydrogens is 290 g/mol. The van der Waals surface area contributed by atoms with Gasteiger partial charge in [-0.05, 0) is 24.5 Å². The molecule has 0 heterocycles. The third kappa shape index (κ3) is 4.46. The van der Waals surface area contributed by atoms with E-state index in [-0.39, 0.29) is 18.4 Å². The molecule has 0 radical (unpaired) electrons. The predicted molar refractivity (Wildman–Crippen MR) is 81.3 cm³/mol. The molecule has 2 atom stereocenters. The number of hydrogen-bond donors (Lipinski definition) is 2. The Labute approximate surface area is 129 Å². The molecule has 2 N–H and O–H groups in total. The largest absolute Gasteiger partial charge is 0.481 e. The summed E-state index contributed by atoms with van der Waals surface area (Å²) in [5.41, 5.74) is 0.761. The van der Waals surface area contributed by atoms with E-state index in [0.29, 0.717) is 11.4 Å². The fourth-order valence-electron chi connectivity index (χ4n) is 2.85. The molecule has 21 heavy (non-hydrogen) atoms. The molecule has 0 aliphatic heterocycles. The third-order valence-corrected chi connectivity index (χ3v) is 4.36. The van der Waals surface area contributed by atoms with Crippen LogP contribution >= 0.6 is 11.6 Å². The summed E-state index contributed by atoms with van der Waals surface area (Å²) in [6, 6.07) is 6.93. The molecule has 5 heteroatoms. The van der Waals surface area contributed by atoms with E-state index in [1.807, 2.05) is 18.2 Å². The van der Waals surface area contributed by atoms with Gasteiger partial charge in [0.05, 0.1) is 12.3 Å². The smallest absolute Gasteiger partial charge is 0.308 e. The fourth-order valence-corrected chi connectivity index (χ4v) is 3.05. The van der Waals surface area contributed by atoms with Gasteiger partial charge >= 0.3 is 5.97 Å². The van der Waals surface area contributed by atoms with Crippen molar-refractivity contribution in [3.05, 3.63) is 34.9 Å². The maximum atomic E-state index is 12.2. The van der Waals surface area contributed by atoms with Gasteiger partial charge in [0.1, 0.15) is 0 Å². The second-order valence-electron chi connectivity index (χ2n) is 5.52. The molecule has 4 nitrogen and oxygen atoms in total. The van der Waals surface area contributed by atoms with E-state index in [1.54, 1.807) is 6.07 Å². The molecule has 1 aliphatic carbocycles. The number of nitrogens with one attached hydrogen (secondary N) is 1. The Kier molecular flexibility index (Phi) is 5.62. The molecule has 0 aromatic heterocycles. The zero-order chi connectivity index (χ0) is 15.2. The molecule has 0 spiro atoms. The van der Waals surface area contributed by atoms with Crippen molar-refractivity contribution >= 4 is 23.5 Å².